The van der Waals surface area contributed by atoms with Crippen LogP contribution in [0.15, 0.2) is 91.0 Å². The third-order valence-electron chi connectivity index (χ3n) is 4.39. The van der Waals surface area contributed by atoms with Crippen molar-refractivity contribution in [2.24, 2.45) is 0 Å². The maximum atomic E-state index is 3.64. The first-order valence-corrected chi connectivity index (χ1v) is 10.4. The van der Waals surface area contributed by atoms with E-state index >= 15 is 0 Å². The predicted octanol–water partition coefficient (Wildman–Crippen LogP) is 5.40. The Morgan fingerprint density at radius 1 is 0.680 bits per heavy atom. The van der Waals surface area contributed by atoms with Gasteiger partial charge in [0, 0.05) is 11.7 Å². The summed E-state index contributed by atoms with van der Waals surface area (Å²) in [6.45, 7) is 4.68. The molecular formula is C23H26NP. The Morgan fingerprint density at radius 2 is 1.12 bits per heavy atom. The lowest BCUT2D eigenvalue weighted by molar-refractivity contribution is 0.698. The highest BCUT2D eigenvalue weighted by atomic mass is 31.1. The Bertz CT molecular complexity index is 703. The molecule has 0 fully saturated rings. The summed E-state index contributed by atoms with van der Waals surface area (Å²) in [6.07, 6.45) is 1.14. The lowest BCUT2D eigenvalue weighted by Crippen LogP contribution is -2.26. The molecule has 25 heavy (non-hydrogen) atoms. The van der Waals surface area contributed by atoms with Crippen molar-refractivity contribution in [3.05, 3.63) is 91.0 Å². The molecule has 0 aliphatic rings. The monoisotopic (exact) mass is 347 g/mol. The molecule has 3 rings (SSSR count). The molecule has 2 atom stereocenters. The van der Waals surface area contributed by atoms with Crippen molar-refractivity contribution in [1.29, 1.82) is 0 Å². The van der Waals surface area contributed by atoms with Gasteiger partial charge < -0.3 is 5.32 Å². The van der Waals surface area contributed by atoms with Crippen LogP contribution in [0.1, 0.15) is 20.3 Å². The Kier molecular flexibility index (Phi) is 6.25. The van der Waals surface area contributed by atoms with Crippen LogP contribution >= 0.6 is 7.92 Å². The topological polar surface area (TPSA) is 12.0 Å². The number of rotatable bonds is 7. The van der Waals surface area contributed by atoms with E-state index in [9.17, 15) is 0 Å². The van der Waals surface area contributed by atoms with Gasteiger partial charge in [0.1, 0.15) is 0 Å². The standard InChI is InChI=1S/C23H26NP/c1-19(24-21-12-6-3-7-13-21)18-20(2)25(22-14-8-4-9-15-22)23-16-10-5-11-17-23/h3-17,19-20,24H,18H2,1-2H3/t19-,20-/m0/s1. The zero-order valence-corrected chi connectivity index (χ0v) is 15.9. The van der Waals surface area contributed by atoms with Crippen LogP contribution in [0.4, 0.5) is 5.69 Å². The Hall–Kier alpha value is -2.11. The minimum Gasteiger partial charge on any atom is -0.383 e. The molecule has 0 spiro atoms. The van der Waals surface area contributed by atoms with Crippen molar-refractivity contribution in [2.75, 3.05) is 5.32 Å². The van der Waals surface area contributed by atoms with Crippen LogP contribution in [0.25, 0.3) is 0 Å². The van der Waals surface area contributed by atoms with E-state index < -0.39 is 0 Å². The number of para-hydroxylation sites is 1. The normalized spacial score (nSPS) is 13.4. The van der Waals surface area contributed by atoms with Gasteiger partial charge in [0.05, 0.1) is 0 Å². The molecule has 1 N–H and O–H groups in total. The summed E-state index contributed by atoms with van der Waals surface area (Å²) in [5.74, 6) is 0. The SMILES string of the molecule is C[C@@H](C[C@H](C)P(c1ccccc1)c1ccccc1)Nc1ccccc1. The molecule has 0 amide bonds. The molecular weight excluding hydrogens is 321 g/mol. The lowest BCUT2D eigenvalue weighted by Gasteiger charge is -2.28. The van der Waals surface area contributed by atoms with Crippen molar-refractivity contribution in [3.8, 4) is 0 Å². The molecule has 0 radical (unpaired) electrons. The Labute approximate surface area is 152 Å². The maximum Gasteiger partial charge on any atom is 0.0342 e. The average molecular weight is 347 g/mol. The van der Waals surface area contributed by atoms with Crippen LogP contribution < -0.4 is 15.9 Å². The number of benzene rings is 3. The second kappa shape index (κ2) is 8.83. The van der Waals surface area contributed by atoms with Crippen molar-refractivity contribution in [2.45, 2.75) is 32.0 Å². The molecule has 0 saturated heterocycles. The molecule has 0 unspecified atom stereocenters. The number of hydrogen-bond donors (Lipinski definition) is 1. The second-order valence-electron chi connectivity index (χ2n) is 6.54. The fourth-order valence-electron chi connectivity index (χ4n) is 3.33. The van der Waals surface area contributed by atoms with Gasteiger partial charge in [0.25, 0.3) is 0 Å². The van der Waals surface area contributed by atoms with E-state index in [1.807, 2.05) is 0 Å². The fraction of sp³-hybridized carbons (Fsp3) is 0.217. The molecule has 0 aliphatic heterocycles. The highest BCUT2D eigenvalue weighted by molar-refractivity contribution is 7.73. The summed E-state index contributed by atoms with van der Waals surface area (Å²) in [5, 5.41) is 6.56. The number of hydrogen-bond acceptors (Lipinski definition) is 1. The van der Waals surface area contributed by atoms with Crippen LogP contribution in [-0.2, 0) is 0 Å². The molecule has 1 nitrogen and oxygen atoms in total. The Morgan fingerprint density at radius 3 is 1.60 bits per heavy atom. The van der Waals surface area contributed by atoms with Crippen LogP contribution in [0.5, 0.6) is 0 Å². The smallest absolute Gasteiger partial charge is 0.0342 e. The second-order valence-corrected chi connectivity index (χ2v) is 9.19. The molecule has 3 aromatic rings. The first-order chi connectivity index (χ1) is 12.2. The molecule has 2 heteroatoms. The van der Waals surface area contributed by atoms with Gasteiger partial charge in [-0.3, -0.25) is 0 Å². The first-order valence-electron chi connectivity index (χ1n) is 8.95. The quantitative estimate of drug-likeness (QED) is 0.564. The summed E-state index contributed by atoms with van der Waals surface area (Å²) in [7, 11) is -0.359. The minimum absolute atomic E-state index is 0.359. The summed E-state index contributed by atoms with van der Waals surface area (Å²) in [6, 6.07) is 32.9. The zero-order chi connectivity index (χ0) is 17.5. The Balaban J connectivity index is 1.76. The third-order valence-corrected chi connectivity index (χ3v) is 7.19. The van der Waals surface area contributed by atoms with E-state index in [1.54, 1.807) is 0 Å². The van der Waals surface area contributed by atoms with E-state index in [4.69, 9.17) is 0 Å². The van der Waals surface area contributed by atoms with Gasteiger partial charge in [-0.1, -0.05) is 85.8 Å². The van der Waals surface area contributed by atoms with Gasteiger partial charge >= 0.3 is 0 Å². The van der Waals surface area contributed by atoms with Crippen LogP contribution in [0.2, 0.25) is 0 Å². The van der Waals surface area contributed by atoms with Crippen LogP contribution in [-0.4, -0.2) is 11.7 Å². The van der Waals surface area contributed by atoms with Gasteiger partial charge in [0.2, 0.25) is 0 Å². The highest BCUT2D eigenvalue weighted by Crippen LogP contribution is 2.41. The van der Waals surface area contributed by atoms with E-state index in [2.05, 4.69) is 110 Å². The summed E-state index contributed by atoms with van der Waals surface area (Å²) in [4.78, 5) is 0. The number of nitrogens with one attached hydrogen (secondary N) is 1. The van der Waals surface area contributed by atoms with Gasteiger partial charge in [-0.15, -0.1) is 0 Å². The maximum absolute atomic E-state index is 3.64. The molecule has 128 valence electrons. The van der Waals surface area contributed by atoms with Crippen molar-refractivity contribution in [3.63, 3.8) is 0 Å². The van der Waals surface area contributed by atoms with E-state index in [0.29, 0.717) is 11.7 Å². The molecule has 0 saturated carbocycles. The summed E-state index contributed by atoms with van der Waals surface area (Å²) < 4.78 is 0. The van der Waals surface area contributed by atoms with Crippen molar-refractivity contribution in [1.82, 2.24) is 0 Å². The van der Waals surface area contributed by atoms with Crippen molar-refractivity contribution >= 4 is 24.2 Å². The zero-order valence-electron chi connectivity index (χ0n) is 15.0. The summed E-state index contributed by atoms with van der Waals surface area (Å²) >= 11 is 0. The highest BCUT2D eigenvalue weighted by Gasteiger charge is 2.22. The lowest BCUT2D eigenvalue weighted by atomic mass is 10.2. The van der Waals surface area contributed by atoms with E-state index in [-0.39, 0.29) is 7.92 Å². The van der Waals surface area contributed by atoms with Gasteiger partial charge in [-0.05, 0) is 49.7 Å². The largest absolute Gasteiger partial charge is 0.383 e. The molecule has 3 aromatic carbocycles. The molecule has 0 aromatic heterocycles. The first kappa shape index (κ1) is 17.7. The van der Waals surface area contributed by atoms with Gasteiger partial charge in [-0.2, -0.15) is 0 Å². The summed E-state index contributed by atoms with van der Waals surface area (Å²) in [5.41, 5.74) is 1.80. The van der Waals surface area contributed by atoms with Gasteiger partial charge in [-0.25, -0.2) is 0 Å². The van der Waals surface area contributed by atoms with Crippen molar-refractivity contribution < 1.29 is 0 Å². The van der Waals surface area contributed by atoms with Crippen LogP contribution in [0, 0.1) is 0 Å². The van der Waals surface area contributed by atoms with Crippen LogP contribution in [0.3, 0.4) is 0 Å². The molecule has 0 bridgehead atoms. The third kappa shape index (κ3) is 4.94. The van der Waals surface area contributed by atoms with Gasteiger partial charge in [0.15, 0.2) is 0 Å². The minimum atomic E-state index is -0.359. The number of anilines is 1. The molecule has 0 heterocycles. The average Bonchev–Trinajstić information content (AvgIpc) is 2.64. The van der Waals surface area contributed by atoms with E-state index in [0.717, 1.165) is 6.42 Å². The molecule has 0 aliphatic carbocycles. The van der Waals surface area contributed by atoms with E-state index in [1.165, 1.54) is 16.3 Å². The fourth-order valence-corrected chi connectivity index (χ4v) is 6.16. The predicted molar refractivity (Wildman–Crippen MR) is 113 cm³/mol.